The normalized spacial score (nSPS) is 10.8. The van der Waals surface area contributed by atoms with E-state index >= 15 is 0 Å². The maximum atomic E-state index is 12.3. The molecule has 1 rings (SSSR count). The van der Waals surface area contributed by atoms with Crippen LogP contribution >= 0.6 is 24.0 Å². The number of carbonyl (C=O) groups is 1. The Morgan fingerprint density at radius 2 is 1.73 bits per heavy atom. The molecule has 0 saturated carbocycles. The highest BCUT2D eigenvalue weighted by atomic mass is 127. The minimum Gasteiger partial charge on any atom is -0.380 e. The van der Waals surface area contributed by atoms with Crippen LogP contribution in [0.3, 0.4) is 0 Å². The van der Waals surface area contributed by atoms with Crippen LogP contribution in [0.5, 0.6) is 0 Å². The molecule has 0 bridgehead atoms. The van der Waals surface area contributed by atoms with Crippen molar-refractivity contribution in [3.63, 3.8) is 0 Å². The number of hydrogen-bond acceptors (Lipinski definition) is 3. The molecule has 0 heterocycles. The molecule has 26 heavy (non-hydrogen) atoms. The van der Waals surface area contributed by atoms with E-state index < -0.39 is 0 Å². The molecule has 0 aliphatic heterocycles. The number of halogens is 1. The zero-order valence-corrected chi connectivity index (χ0v) is 18.7. The van der Waals surface area contributed by atoms with Crippen LogP contribution < -0.4 is 10.6 Å². The van der Waals surface area contributed by atoms with E-state index in [2.05, 4.69) is 15.6 Å². The third kappa shape index (κ3) is 8.84. The highest BCUT2D eigenvalue weighted by molar-refractivity contribution is 14.0. The second-order valence-electron chi connectivity index (χ2n) is 5.49. The monoisotopic (exact) mass is 476 g/mol. The fourth-order valence-corrected chi connectivity index (χ4v) is 2.34. The molecule has 7 heteroatoms. The summed E-state index contributed by atoms with van der Waals surface area (Å²) >= 11 is 0. The van der Waals surface area contributed by atoms with Crippen LogP contribution in [0, 0.1) is 0 Å². The molecule has 2 N–H and O–H groups in total. The minimum absolute atomic E-state index is 0. The van der Waals surface area contributed by atoms with Crippen LogP contribution in [-0.2, 0) is 11.3 Å². The van der Waals surface area contributed by atoms with E-state index in [9.17, 15) is 4.79 Å². The van der Waals surface area contributed by atoms with E-state index in [1.807, 2.05) is 56.9 Å². The Labute approximate surface area is 174 Å². The molecule has 0 radical (unpaired) electrons. The van der Waals surface area contributed by atoms with Crippen LogP contribution in [0.15, 0.2) is 29.3 Å². The maximum Gasteiger partial charge on any atom is 0.253 e. The number of nitrogens with zero attached hydrogens (tertiary/aromatic N) is 2. The van der Waals surface area contributed by atoms with Gasteiger partial charge in [-0.1, -0.05) is 12.1 Å². The van der Waals surface area contributed by atoms with Crippen molar-refractivity contribution in [3.8, 4) is 0 Å². The van der Waals surface area contributed by atoms with Gasteiger partial charge < -0.3 is 20.3 Å². The Balaban J connectivity index is 0.00000625. The number of carbonyl (C=O) groups excluding carboxylic acids is 1. The zero-order valence-electron chi connectivity index (χ0n) is 16.4. The van der Waals surface area contributed by atoms with Crippen LogP contribution in [0.25, 0.3) is 0 Å². The Hall–Kier alpha value is -1.35. The summed E-state index contributed by atoms with van der Waals surface area (Å²) in [6.07, 6.45) is 0. The second kappa shape index (κ2) is 14.8. The summed E-state index contributed by atoms with van der Waals surface area (Å²) in [6, 6.07) is 7.68. The first-order valence-corrected chi connectivity index (χ1v) is 9.14. The maximum absolute atomic E-state index is 12.3. The van der Waals surface area contributed by atoms with Crippen molar-refractivity contribution >= 4 is 35.8 Å². The molecule has 0 aliphatic rings. The Morgan fingerprint density at radius 1 is 1.08 bits per heavy atom. The minimum atomic E-state index is 0. The first-order chi connectivity index (χ1) is 12.2. The summed E-state index contributed by atoms with van der Waals surface area (Å²) < 4.78 is 5.32. The molecule has 6 nitrogen and oxygen atoms in total. The molecule has 0 unspecified atom stereocenters. The number of hydrogen-bond donors (Lipinski definition) is 2. The number of nitrogens with one attached hydrogen (secondary N) is 2. The van der Waals surface area contributed by atoms with Crippen molar-refractivity contribution in [2.24, 2.45) is 4.99 Å². The van der Waals surface area contributed by atoms with E-state index in [-0.39, 0.29) is 29.9 Å². The third-order valence-corrected chi connectivity index (χ3v) is 3.76. The van der Waals surface area contributed by atoms with Crippen molar-refractivity contribution in [1.82, 2.24) is 15.5 Å². The summed E-state index contributed by atoms with van der Waals surface area (Å²) in [4.78, 5) is 18.7. The average Bonchev–Trinajstić information content (AvgIpc) is 2.64. The standard InChI is InChI=1S/C19H32N4O2.HI/c1-5-20-19(21-13-14-25-8-4)22-15-16-9-11-17(12-10-16)18(24)23(6-2)7-3;/h9-12H,5-8,13-15H2,1-4H3,(H2,20,21,22);1H. The Bertz CT molecular complexity index is 531. The quantitative estimate of drug-likeness (QED) is 0.236. The molecule has 0 fully saturated rings. The van der Waals surface area contributed by atoms with Gasteiger partial charge >= 0.3 is 0 Å². The van der Waals surface area contributed by atoms with Gasteiger partial charge in [0, 0.05) is 38.3 Å². The number of guanidine groups is 1. The summed E-state index contributed by atoms with van der Waals surface area (Å²) in [5.41, 5.74) is 1.79. The molecule has 1 amide bonds. The molecule has 1 aromatic rings. The van der Waals surface area contributed by atoms with Crippen LogP contribution in [0.1, 0.15) is 43.6 Å². The number of rotatable bonds is 10. The lowest BCUT2D eigenvalue weighted by atomic mass is 10.1. The summed E-state index contributed by atoms with van der Waals surface area (Å²) in [7, 11) is 0. The highest BCUT2D eigenvalue weighted by Gasteiger charge is 2.11. The largest absolute Gasteiger partial charge is 0.380 e. The third-order valence-electron chi connectivity index (χ3n) is 3.76. The van der Waals surface area contributed by atoms with E-state index in [1.165, 1.54) is 0 Å². The van der Waals surface area contributed by atoms with Gasteiger partial charge in [-0.15, -0.1) is 24.0 Å². The van der Waals surface area contributed by atoms with Crippen molar-refractivity contribution in [1.29, 1.82) is 0 Å². The van der Waals surface area contributed by atoms with Gasteiger partial charge in [-0.05, 0) is 45.4 Å². The topological polar surface area (TPSA) is 66.0 Å². The van der Waals surface area contributed by atoms with Gasteiger partial charge in [-0.25, -0.2) is 4.99 Å². The lowest BCUT2D eigenvalue weighted by Gasteiger charge is -2.18. The first kappa shape index (κ1) is 24.7. The number of aliphatic imine (C=N–C) groups is 1. The lowest BCUT2D eigenvalue weighted by Crippen LogP contribution is -2.39. The molecule has 0 spiro atoms. The van der Waals surface area contributed by atoms with E-state index in [0.29, 0.717) is 19.8 Å². The van der Waals surface area contributed by atoms with Gasteiger partial charge in [0.15, 0.2) is 5.96 Å². The van der Waals surface area contributed by atoms with Gasteiger partial charge in [-0.3, -0.25) is 4.79 Å². The van der Waals surface area contributed by atoms with E-state index in [1.54, 1.807) is 0 Å². The average molecular weight is 476 g/mol. The summed E-state index contributed by atoms with van der Waals surface area (Å²) in [5, 5.41) is 6.45. The zero-order chi connectivity index (χ0) is 18.5. The molecule has 148 valence electrons. The van der Waals surface area contributed by atoms with Crippen molar-refractivity contribution < 1.29 is 9.53 Å². The highest BCUT2D eigenvalue weighted by Crippen LogP contribution is 2.09. The van der Waals surface area contributed by atoms with Gasteiger partial charge in [0.1, 0.15) is 0 Å². The first-order valence-electron chi connectivity index (χ1n) is 9.14. The van der Waals surface area contributed by atoms with Crippen LogP contribution in [0.2, 0.25) is 0 Å². The van der Waals surface area contributed by atoms with E-state index in [0.717, 1.165) is 43.3 Å². The molecule has 0 atom stereocenters. The smallest absolute Gasteiger partial charge is 0.253 e. The second-order valence-corrected chi connectivity index (χ2v) is 5.49. The van der Waals surface area contributed by atoms with E-state index in [4.69, 9.17) is 4.74 Å². The van der Waals surface area contributed by atoms with Crippen LogP contribution in [0.4, 0.5) is 0 Å². The van der Waals surface area contributed by atoms with Gasteiger partial charge in [-0.2, -0.15) is 0 Å². The molecule has 0 aliphatic carbocycles. The summed E-state index contributed by atoms with van der Waals surface area (Å²) in [6.45, 7) is 12.9. The SMILES string of the molecule is CCNC(=NCc1ccc(C(=O)N(CC)CC)cc1)NCCOCC.I. The predicted molar refractivity (Wildman–Crippen MR) is 118 cm³/mol. The number of amides is 1. The molecular formula is C19H33IN4O2. The Morgan fingerprint density at radius 3 is 2.27 bits per heavy atom. The van der Waals surface area contributed by atoms with Crippen molar-refractivity contribution in [3.05, 3.63) is 35.4 Å². The van der Waals surface area contributed by atoms with Gasteiger partial charge in [0.25, 0.3) is 5.91 Å². The van der Waals surface area contributed by atoms with Crippen molar-refractivity contribution in [2.45, 2.75) is 34.2 Å². The summed E-state index contributed by atoms with van der Waals surface area (Å²) in [5.74, 6) is 0.844. The van der Waals surface area contributed by atoms with Gasteiger partial charge in [0.05, 0.1) is 13.2 Å². The van der Waals surface area contributed by atoms with Crippen LogP contribution in [-0.4, -0.2) is 56.2 Å². The number of benzene rings is 1. The fourth-order valence-electron chi connectivity index (χ4n) is 2.34. The predicted octanol–water partition coefficient (Wildman–Crippen LogP) is 2.88. The fraction of sp³-hybridized carbons (Fsp3) is 0.579. The Kier molecular flexibility index (Phi) is 14.0. The lowest BCUT2D eigenvalue weighted by molar-refractivity contribution is 0.0773. The molecule has 0 aromatic heterocycles. The molecular weight excluding hydrogens is 443 g/mol. The molecule has 1 aromatic carbocycles. The van der Waals surface area contributed by atoms with Gasteiger partial charge in [0.2, 0.25) is 0 Å². The molecule has 0 saturated heterocycles. The number of ether oxygens (including phenoxy) is 1. The van der Waals surface area contributed by atoms with Crippen molar-refractivity contribution in [2.75, 3.05) is 39.4 Å².